The summed E-state index contributed by atoms with van der Waals surface area (Å²) in [6.45, 7) is 4.64. The average molecular weight is 337 g/mol. The van der Waals surface area contributed by atoms with Gasteiger partial charge in [-0.1, -0.05) is 6.42 Å². The van der Waals surface area contributed by atoms with Crippen LogP contribution in [0.1, 0.15) is 36.9 Å². The first-order chi connectivity index (χ1) is 12.3. The van der Waals surface area contributed by atoms with E-state index in [2.05, 4.69) is 21.8 Å². The van der Waals surface area contributed by atoms with E-state index in [9.17, 15) is 0 Å². The van der Waals surface area contributed by atoms with Crippen LogP contribution in [-0.4, -0.2) is 53.1 Å². The largest absolute Gasteiger partial charge is 0.358 e. The number of aryl methyl sites for hydroxylation is 1. The van der Waals surface area contributed by atoms with Gasteiger partial charge in [0.2, 0.25) is 0 Å². The van der Waals surface area contributed by atoms with E-state index in [0.717, 1.165) is 43.1 Å². The highest BCUT2D eigenvalue weighted by Crippen LogP contribution is 2.30. The molecule has 0 atom stereocenters. The minimum Gasteiger partial charge on any atom is -0.358 e. The first-order valence-electron chi connectivity index (χ1n) is 9.55. The fourth-order valence-corrected chi connectivity index (χ4v) is 3.93. The van der Waals surface area contributed by atoms with Gasteiger partial charge in [-0.3, -0.25) is 4.98 Å². The number of likely N-dealkylation sites (tertiary alicyclic amines) is 1. The summed E-state index contributed by atoms with van der Waals surface area (Å²) in [5.74, 6) is 1.94. The average Bonchev–Trinajstić information content (AvgIpc) is 3.15. The summed E-state index contributed by atoms with van der Waals surface area (Å²) in [6, 6.07) is 3.99. The molecule has 3 heterocycles. The minimum atomic E-state index is 0.813. The van der Waals surface area contributed by atoms with Gasteiger partial charge in [0.1, 0.15) is 5.82 Å². The van der Waals surface area contributed by atoms with E-state index < -0.39 is 0 Å². The maximum atomic E-state index is 4.93. The van der Waals surface area contributed by atoms with Crippen LogP contribution in [0, 0.1) is 0 Å². The third kappa shape index (κ3) is 3.66. The highest BCUT2D eigenvalue weighted by molar-refractivity contribution is 5.60. The quantitative estimate of drug-likeness (QED) is 0.839. The van der Waals surface area contributed by atoms with Gasteiger partial charge in [-0.25, -0.2) is 9.97 Å². The number of nitrogens with zero attached hydrogens (tertiary/aromatic N) is 5. The number of anilines is 1. The fraction of sp³-hybridized carbons (Fsp3) is 0.550. The zero-order chi connectivity index (χ0) is 17.1. The zero-order valence-corrected chi connectivity index (χ0v) is 15.1. The van der Waals surface area contributed by atoms with Gasteiger partial charge in [0, 0.05) is 49.4 Å². The van der Waals surface area contributed by atoms with Crippen LogP contribution in [0.25, 0.3) is 11.4 Å². The summed E-state index contributed by atoms with van der Waals surface area (Å²) >= 11 is 0. The van der Waals surface area contributed by atoms with Crippen molar-refractivity contribution in [1.29, 1.82) is 0 Å². The molecule has 4 rings (SSSR count). The lowest BCUT2D eigenvalue weighted by molar-refractivity contribution is 0.234. The molecule has 0 saturated carbocycles. The van der Waals surface area contributed by atoms with E-state index in [1.807, 2.05) is 18.3 Å². The van der Waals surface area contributed by atoms with Gasteiger partial charge < -0.3 is 9.80 Å². The van der Waals surface area contributed by atoms with E-state index in [0.29, 0.717) is 0 Å². The summed E-state index contributed by atoms with van der Waals surface area (Å²) < 4.78 is 0. The Bertz CT molecular complexity index is 710. The molecule has 0 N–H and O–H groups in total. The Morgan fingerprint density at radius 2 is 1.96 bits per heavy atom. The molecule has 1 saturated heterocycles. The van der Waals surface area contributed by atoms with Crippen LogP contribution in [0.2, 0.25) is 0 Å². The second-order valence-corrected chi connectivity index (χ2v) is 7.22. The molecule has 0 unspecified atom stereocenters. The molecule has 1 aliphatic carbocycles. The van der Waals surface area contributed by atoms with Crippen LogP contribution in [-0.2, 0) is 12.8 Å². The Labute approximate surface area is 150 Å². The Morgan fingerprint density at radius 3 is 2.76 bits per heavy atom. The van der Waals surface area contributed by atoms with Gasteiger partial charge in [0.05, 0.1) is 0 Å². The van der Waals surface area contributed by atoms with Crippen LogP contribution in [0.3, 0.4) is 0 Å². The summed E-state index contributed by atoms with van der Waals surface area (Å²) in [5.41, 5.74) is 3.59. The third-order valence-corrected chi connectivity index (χ3v) is 5.39. The highest BCUT2D eigenvalue weighted by Gasteiger charge is 2.22. The lowest BCUT2D eigenvalue weighted by Gasteiger charge is -2.29. The second kappa shape index (κ2) is 7.48. The molecule has 0 spiro atoms. The molecule has 2 aromatic heterocycles. The van der Waals surface area contributed by atoms with Crippen molar-refractivity contribution in [2.75, 3.05) is 38.1 Å². The van der Waals surface area contributed by atoms with Crippen molar-refractivity contribution < 1.29 is 0 Å². The van der Waals surface area contributed by atoms with Crippen molar-refractivity contribution in [3.05, 3.63) is 35.8 Å². The number of hydrogen-bond acceptors (Lipinski definition) is 5. The number of piperidine rings is 1. The Balaban J connectivity index is 1.56. The normalized spacial score (nSPS) is 17.5. The molecule has 5 heteroatoms. The topological polar surface area (TPSA) is 45.2 Å². The van der Waals surface area contributed by atoms with Gasteiger partial charge in [-0.2, -0.15) is 0 Å². The van der Waals surface area contributed by atoms with Crippen LogP contribution < -0.4 is 4.90 Å². The molecule has 0 radical (unpaired) electrons. The molecule has 2 aliphatic rings. The summed E-state index contributed by atoms with van der Waals surface area (Å²) in [7, 11) is 2.18. The highest BCUT2D eigenvalue weighted by atomic mass is 15.2. The number of aromatic nitrogens is 3. The van der Waals surface area contributed by atoms with Crippen molar-refractivity contribution in [3.63, 3.8) is 0 Å². The Hall–Kier alpha value is -2.01. The summed E-state index contributed by atoms with van der Waals surface area (Å²) in [5, 5.41) is 0. The van der Waals surface area contributed by atoms with Crippen molar-refractivity contribution in [3.8, 4) is 11.4 Å². The second-order valence-electron chi connectivity index (χ2n) is 7.22. The van der Waals surface area contributed by atoms with Gasteiger partial charge in [-0.15, -0.1) is 0 Å². The third-order valence-electron chi connectivity index (χ3n) is 5.39. The van der Waals surface area contributed by atoms with E-state index in [1.54, 1.807) is 6.20 Å². The zero-order valence-electron chi connectivity index (χ0n) is 15.1. The molecule has 132 valence electrons. The lowest BCUT2D eigenvalue weighted by Crippen LogP contribution is -2.37. The van der Waals surface area contributed by atoms with E-state index in [4.69, 9.17) is 9.97 Å². The standard InChI is InChI=1S/C20H27N5/c1-24(13-14-25-11-3-2-4-12-25)20-17-8-5-9-18(17)22-19(23-20)16-7-6-10-21-15-16/h6-7,10,15H,2-5,8-9,11-14H2,1H3. The lowest BCUT2D eigenvalue weighted by atomic mass is 10.1. The molecule has 0 aromatic carbocycles. The van der Waals surface area contributed by atoms with Crippen LogP contribution >= 0.6 is 0 Å². The maximum Gasteiger partial charge on any atom is 0.163 e. The monoisotopic (exact) mass is 337 g/mol. The van der Waals surface area contributed by atoms with Gasteiger partial charge >= 0.3 is 0 Å². The Kier molecular flexibility index (Phi) is 4.92. The van der Waals surface area contributed by atoms with Crippen LogP contribution in [0.15, 0.2) is 24.5 Å². The van der Waals surface area contributed by atoms with E-state index in [1.165, 1.54) is 50.0 Å². The van der Waals surface area contributed by atoms with E-state index >= 15 is 0 Å². The predicted octanol–water partition coefficient (Wildman–Crippen LogP) is 2.95. The molecule has 2 aromatic rings. The molecule has 25 heavy (non-hydrogen) atoms. The summed E-state index contributed by atoms with van der Waals surface area (Å²) in [4.78, 5) is 18.9. The molecule has 0 bridgehead atoms. The van der Waals surface area contributed by atoms with Crippen molar-refractivity contribution in [1.82, 2.24) is 19.9 Å². The molecular formula is C20H27N5. The van der Waals surface area contributed by atoms with Gasteiger partial charge in [0.15, 0.2) is 5.82 Å². The number of hydrogen-bond donors (Lipinski definition) is 0. The van der Waals surface area contributed by atoms with Crippen LogP contribution in [0.4, 0.5) is 5.82 Å². The number of likely N-dealkylation sites (N-methyl/N-ethyl adjacent to an activating group) is 1. The Morgan fingerprint density at radius 1 is 1.08 bits per heavy atom. The maximum absolute atomic E-state index is 4.93. The molecule has 5 nitrogen and oxygen atoms in total. The van der Waals surface area contributed by atoms with Crippen molar-refractivity contribution in [2.24, 2.45) is 0 Å². The van der Waals surface area contributed by atoms with Gasteiger partial charge in [-0.05, 0) is 57.3 Å². The number of rotatable bonds is 5. The molecular weight excluding hydrogens is 310 g/mol. The smallest absolute Gasteiger partial charge is 0.163 e. The minimum absolute atomic E-state index is 0.813. The van der Waals surface area contributed by atoms with E-state index in [-0.39, 0.29) is 0 Å². The fourth-order valence-electron chi connectivity index (χ4n) is 3.93. The molecule has 0 amide bonds. The molecule has 1 aliphatic heterocycles. The van der Waals surface area contributed by atoms with Crippen molar-refractivity contribution >= 4 is 5.82 Å². The first-order valence-corrected chi connectivity index (χ1v) is 9.55. The predicted molar refractivity (Wildman–Crippen MR) is 101 cm³/mol. The number of pyridine rings is 1. The molecule has 1 fully saturated rings. The number of fused-ring (bicyclic) bond motifs is 1. The first kappa shape index (κ1) is 16.5. The van der Waals surface area contributed by atoms with Crippen LogP contribution in [0.5, 0.6) is 0 Å². The van der Waals surface area contributed by atoms with Gasteiger partial charge in [0.25, 0.3) is 0 Å². The SMILES string of the molecule is CN(CCN1CCCCC1)c1nc(-c2cccnc2)nc2c1CCC2. The summed E-state index contributed by atoms with van der Waals surface area (Å²) in [6.07, 6.45) is 11.1. The van der Waals surface area contributed by atoms with Crippen molar-refractivity contribution in [2.45, 2.75) is 38.5 Å².